The molecule has 0 N–H and O–H groups in total. The zero-order valence-corrected chi connectivity index (χ0v) is 15.2. The van der Waals surface area contributed by atoms with E-state index in [1.54, 1.807) is 6.07 Å². The van der Waals surface area contributed by atoms with Crippen LogP contribution in [0.3, 0.4) is 0 Å². The van der Waals surface area contributed by atoms with E-state index in [-0.39, 0.29) is 16.6 Å². The molecule has 0 aliphatic rings. The van der Waals surface area contributed by atoms with Crippen molar-refractivity contribution in [1.29, 1.82) is 0 Å². The van der Waals surface area contributed by atoms with Crippen LogP contribution in [-0.2, 0) is 10.8 Å². The Morgan fingerprint density at radius 1 is 1.35 bits per heavy atom. The van der Waals surface area contributed by atoms with Crippen LogP contribution < -0.4 is 0 Å². The fourth-order valence-corrected chi connectivity index (χ4v) is 5.56. The molecule has 1 heterocycles. The molecule has 0 bridgehead atoms. The third-order valence-corrected chi connectivity index (χ3v) is 6.31. The highest BCUT2D eigenvalue weighted by Crippen LogP contribution is 2.32. The fourth-order valence-electron chi connectivity index (χ4n) is 1.43. The Hall–Kier alpha value is -0.0800. The summed E-state index contributed by atoms with van der Waals surface area (Å²) in [5.41, 5.74) is 0.475. The second-order valence-corrected chi connectivity index (χ2v) is 9.33. The van der Waals surface area contributed by atoms with Gasteiger partial charge in [0.05, 0.1) is 29.1 Å². The predicted molar refractivity (Wildman–Crippen MR) is 86.7 cm³/mol. The molecule has 2 rings (SSSR count). The van der Waals surface area contributed by atoms with Crippen molar-refractivity contribution in [3.63, 3.8) is 0 Å². The van der Waals surface area contributed by atoms with Crippen LogP contribution in [0.5, 0.6) is 0 Å². The molecule has 0 aliphatic carbocycles. The maximum Gasteiger partial charge on any atom is 0.177 e. The largest absolute Gasteiger partial charge is 0.293 e. The number of carbonyl (C=O) groups is 1. The van der Waals surface area contributed by atoms with E-state index in [9.17, 15) is 13.4 Å². The maximum absolute atomic E-state index is 13.0. The van der Waals surface area contributed by atoms with Crippen molar-refractivity contribution in [3.05, 3.63) is 48.2 Å². The molecule has 20 heavy (non-hydrogen) atoms. The van der Waals surface area contributed by atoms with Gasteiger partial charge in [0.2, 0.25) is 0 Å². The van der Waals surface area contributed by atoms with Crippen LogP contribution in [-0.4, -0.2) is 15.7 Å². The van der Waals surface area contributed by atoms with E-state index >= 15 is 0 Å². The lowest BCUT2D eigenvalue weighted by Gasteiger charge is -2.03. The maximum atomic E-state index is 13.0. The second-order valence-electron chi connectivity index (χ2n) is 3.73. The second kappa shape index (κ2) is 6.79. The first-order valence-electron chi connectivity index (χ1n) is 5.20. The van der Waals surface area contributed by atoms with Crippen molar-refractivity contribution in [2.75, 3.05) is 5.75 Å². The number of Topliss-reactive ketones (excluding diaryl/α,β-unsaturated/α-hetero) is 1. The third-order valence-electron chi connectivity index (χ3n) is 2.37. The smallest absolute Gasteiger partial charge is 0.177 e. The quantitative estimate of drug-likeness (QED) is 0.598. The van der Waals surface area contributed by atoms with Crippen LogP contribution in [0.1, 0.15) is 10.4 Å². The minimum absolute atomic E-state index is 0.109. The molecule has 2 aromatic rings. The summed E-state index contributed by atoms with van der Waals surface area (Å²) in [6.45, 7) is 0. The van der Waals surface area contributed by atoms with E-state index in [2.05, 4.69) is 31.9 Å². The Balaban J connectivity index is 2.17. The zero-order chi connectivity index (χ0) is 14.9. The van der Waals surface area contributed by atoms with Crippen LogP contribution in [0.25, 0.3) is 0 Å². The molecule has 1 aromatic carbocycles. The van der Waals surface area contributed by atoms with Gasteiger partial charge in [-0.1, -0.05) is 11.6 Å². The number of hydrogen-bond acceptors (Lipinski definition) is 3. The lowest BCUT2D eigenvalue weighted by atomic mass is 10.2. The lowest BCUT2D eigenvalue weighted by molar-refractivity contribution is 0.102. The molecule has 0 aliphatic heterocycles. The average molecular weight is 461 g/mol. The summed E-state index contributed by atoms with van der Waals surface area (Å²) in [6, 6.07) is 5.45. The van der Waals surface area contributed by atoms with E-state index in [0.717, 1.165) is 9.85 Å². The van der Waals surface area contributed by atoms with Gasteiger partial charge < -0.3 is 0 Å². The van der Waals surface area contributed by atoms with E-state index in [4.69, 9.17) is 11.6 Å². The molecule has 0 saturated carbocycles. The molecule has 1 unspecified atom stereocenters. The van der Waals surface area contributed by atoms with Crippen LogP contribution >= 0.6 is 54.8 Å². The Morgan fingerprint density at radius 3 is 2.60 bits per heavy atom. The SMILES string of the molecule is O=C(CS(=O)c1ccc(F)c(Cl)c1)c1cc(Br)sc1Br. The van der Waals surface area contributed by atoms with Crippen LogP contribution in [0.15, 0.2) is 36.7 Å². The van der Waals surface area contributed by atoms with Gasteiger partial charge in [0, 0.05) is 10.5 Å². The van der Waals surface area contributed by atoms with Gasteiger partial charge in [-0.05, 0) is 56.1 Å². The number of benzene rings is 1. The lowest BCUT2D eigenvalue weighted by Crippen LogP contribution is -2.11. The topological polar surface area (TPSA) is 34.1 Å². The predicted octanol–water partition coefficient (Wildman–Crippen LogP) is 5.06. The summed E-state index contributed by atoms with van der Waals surface area (Å²) in [7, 11) is -1.56. The third kappa shape index (κ3) is 3.76. The first kappa shape index (κ1) is 16.3. The highest BCUT2D eigenvalue weighted by atomic mass is 79.9. The molecule has 8 heteroatoms. The highest BCUT2D eigenvalue weighted by Gasteiger charge is 2.18. The highest BCUT2D eigenvalue weighted by molar-refractivity contribution is 9.12. The number of ketones is 1. The Bertz CT molecular complexity index is 703. The summed E-state index contributed by atoms with van der Waals surface area (Å²) >= 11 is 13.6. The number of thiophene rings is 1. The summed E-state index contributed by atoms with van der Waals surface area (Å²) in [4.78, 5) is 12.4. The van der Waals surface area contributed by atoms with Crippen molar-refractivity contribution in [1.82, 2.24) is 0 Å². The monoisotopic (exact) mass is 458 g/mol. The molecule has 0 saturated heterocycles. The van der Waals surface area contributed by atoms with Gasteiger partial charge >= 0.3 is 0 Å². The van der Waals surface area contributed by atoms with E-state index < -0.39 is 16.6 Å². The van der Waals surface area contributed by atoms with Crippen LogP contribution in [0, 0.1) is 5.82 Å². The van der Waals surface area contributed by atoms with Crippen molar-refractivity contribution >= 4 is 71.4 Å². The molecule has 0 spiro atoms. The van der Waals surface area contributed by atoms with Gasteiger partial charge in [-0.2, -0.15) is 0 Å². The molecule has 2 nitrogen and oxygen atoms in total. The molecule has 0 amide bonds. The van der Waals surface area contributed by atoms with Crippen molar-refractivity contribution in [3.8, 4) is 0 Å². The molecule has 106 valence electrons. The first-order chi connectivity index (χ1) is 9.38. The molecule has 1 aromatic heterocycles. The van der Waals surface area contributed by atoms with E-state index in [1.165, 1.54) is 23.5 Å². The van der Waals surface area contributed by atoms with Gasteiger partial charge in [-0.3, -0.25) is 9.00 Å². The van der Waals surface area contributed by atoms with Gasteiger partial charge in [0.15, 0.2) is 5.78 Å². The zero-order valence-electron chi connectivity index (χ0n) is 9.66. The number of hydrogen-bond donors (Lipinski definition) is 0. The molecular weight excluding hydrogens is 455 g/mol. The average Bonchev–Trinajstić information content (AvgIpc) is 2.71. The van der Waals surface area contributed by atoms with E-state index in [0.29, 0.717) is 14.2 Å². The number of carbonyl (C=O) groups excluding carboxylic acids is 1. The minimum atomic E-state index is -1.56. The van der Waals surface area contributed by atoms with E-state index in [1.807, 2.05) is 0 Å². The van der Waals surface area contributed by atoms with Gasteiger partial charge in [0.25, 0.3) is 0 Å². The van der Waals surface area contributed by atoms with Crippen LogP contribution in [0.2, 0.25) is 5.02 Å². The minimum Gasteiger partial charge on any atom is -0.293 e. The normalized spacial score (nSPS) is 12.4. The molecule has 0 fully saturated rings. The Morgan fingerprint density at radius 2 is 2.05 bits per heavy atom. The Labute approximate surface area is 143 Å². The summed E-state index contributed by atoms with van der Waals surface area (Å²) < 4.78 is 26.6. The molecular formula is C12H6Br2ClFO2S2. The van der Waals surface area contributed by atoms with Gasteiger partial charge in [-0.25, -0.2) is 4.39 Å². The fraction of sp³-hybridized carbons (Fsp3) is 0.0833. The van der Waals surface area contributed by atoms with Crippen molar-refractivity contribution in [2.24, 2.45) is 0 Å². The van der Waals surface area contributed by atoms with Gasteiger partial charge in [-0.15, -0.1) is 11.3 Å². The van der Waals surface area contributed by atoms with Crippen LogP contribution in [0.4, 0.5) is 4.39 Å². The van der Waals surface area contributed by atoms with Crippen molar-refractivity contribution in [2.45, 2.75) is 4.90 Å². The summed E-state index contributed by atoms with van der Waals surface area (Å²) in [6.07, 6.45) is 0. The summed E-state index contributed by atoms with van der Waals surface area (Å²) in [5, 5.41) is -0.109. The van der Waals surface area contributed by atoms with Gasteiger partial charge in [0.1, 0.15) is 5.82 Å². The Kier molecular flexibility index (Phi) is 5.53. The first-order valence-corrected chi connectivity index (χ1v) is 9.30. The molecule has 1 atom stereocenters. The number of halogens is 4. The standard InChI is InChI=1S/C12H6Br2ClFO2S2/c13-11-4-7(12(14)19-11)10(17)5-20(18)6-1-2-9(16)8(15)3-6/h1-4H,5H2. The summed E-state index contributed by atoms with van der Waals surface area (Å²) in [5.74, 6) is -1.01. The van der Waals surface area contributed by atoms with Crippen molar-refractivity contribution < 1.29 is 13.4 Å². The molecule has 0 radical (unpaired) electrons. The number of rotatable bonds is 4.